The van der Waals surface area contributed by atoms with Crippen molar-refractivity contribution in [1.82, 2.24) is 15.4 Å². The molecule has 7 nitrogen and oxygen atoms in total. The maximum Gasteiger partial charge on any atom is 0.240 e. The first-order valence-corrected chi connectivity index (χ1v) is 12.1. The number of aliphatic imine (C=N–C) groups is 1. The topological polar surface area (TPSA) is 91.8 Å². The van der Waals surface area contributed by atoms with Crippen molar-refractivity contribution in [2.24, 2.45) is 10.4 Å². The predicted octanol–water partition coefficient (Wildman–Crippen LogP) is 3.01. The first-order chi connectivity index (χ1) is 14.0. The zero-order chi connectivity index (χ0) is 20.7. The van der Waals surface area contributed by atoms with Crippen LogP contribution in [-0.4, -0.2) is 47.2 Å². The first kappa shape index (κ1) is 25.4. The van der Waals surface area contributed by atoms with Gasteiger partial charge in [0.05, 0.1) is 11.4 Å². The largest absolute Gasteiger partial charge is 0.385 e. The van der Waals surface area contributed by atoms with Crippen molar-refractivity contribution < 1.29 is 13.2 Å². The molecule has 170 valence electrons. The Morgan fingerprint density at radius 2 is 1.90 bits per heavy atom. The highest BCUT2D eigenvalue weighted by molar-refractivity contribution is 14.0. The monoisotopic (exact) mass is 550 g/mol. The number of hydrogen-bond donors (Lipinski definition) is 3. The molecular weight excluding hydrogens is 515 g/mol. The van der Waals surface area contributed by atoms with E-state index >= 15 is 0 Å². The summed E-state index contributed by atoms with van der Waals surface area (Å²) in [7, 11) is -1.65. The zero-order valence-corrected chi connectivity index (χ0v) is 21.1. The lowest BCUT2D eigenvalue weighted by molar-refractivity contribution is 0.0732. The number of guanidine groups is 1. The summed E-state index contributed by atoms with van der Waals surface area (Å²) in [5, 5.41) is 6.78. The minimum Gasteiger partial charge on any atom is -0.385 e. The molecule has 2 aliphatic rings. The van der Waals surface area contributed by atoms with E-state index in [1.54, 1.807) is 19.2 Å². The summed E-state index contributed by atoms with van der Waals surface area (Å²) in [4.78, 5) is 4.99. The number of ether oxygens (including phenoxy) is 1. The second-order valence-corrected chi connectivity index (χ2v) is 9.90. The van der Waals surface area contributed by atoms with Crippen LogP contribution in [0.5, 0.6) is 0 Å². The number of rotatable bonds is 11. The van der Waals surface area contributed by atoms with Gasteiger partial charge in [-0.15, -0.1) is 24.0 Å². The molecule has 3 rings (SSSR count). The summed E-state index contributed by atoms with van der Waals surface area (Å²) in [5.74, 6) is 0.795. The molecule has 0 amide bonds. The molecule has 9 heteroatoms. The third kappa shape index (κ3) is 7.35. The maximum atomic E-state index is 12.3. The third-order valence-electron chi connectivity index (χ3n) is 5.78. The first-order valence-electron chi connectivity index (χ1n) is 10.6. The van der Waals surface area contributed by atoms with Crippen molar-refractivity contribution >= 4 is 40.0 Å². The van der Waals surface area contributed by atoms with Crippen LogP contribution in [0, 0.1) is 5.41 Å². The number of hydrogen-bond acceptors (Lipinski definition) is 4. The molecule has 0 saturated heterocycles. The fourth-order valence-corrected chi connectivity index (χ4v) is 4.86. The lowest BCUT2D eigenvalue weighted by Crippen LogP contribution is -2.46. The standard InChI is InChI=1S/C21H34N4O3S.HI/c1-3-22-20(24-16-21(11-4-12-21)13-14-28-2)23-15-17-5-9-19(10-6-17)29(26,27)25-18-7-8-18;/h5-6,9-10,18,25H,3-4,7-8,11-16H2,1-2H3,(H2,22,23,24);1H. The Morgan fingerprint density at radius 3 is 2.43 bits per heavy atom. The Morgan fingerprint density at radius 1 is 1.20 bits per heavy atom. The van der Waals surface area contributed by atoms with Crippen LogP contribution in [0.15, 0.2) is 34.2 Å². The van der Waals surface area contributed by atoms with Gasteiger partial charge in [0.25, 0.3) is 0 Å². The van der Waals surface area contributed by atoms with Crippen LogP contribution < -0.4 is 15.4 Å². The molecule has 0 bridgehead atoms. The minimum absolute atomic E-state index is 0. The number of methoxy groups -OCH3 is 1. The molecule has 0 atom stereocenters. The lowest BCUT2D eigenvalue weighted by atomic mass is 9.67. The van der Waals surface area contributed by atoms with Crippen LogP contribution in [0.2, 0.25) is 0 Å². The summed E-state index contributed by atoms with van der Waals surface area (Å²) in [5.41, 5.74) is 1.29. The van der Waals surface area contributed by atoms with Crippen LogP contribution in [-0.2, 0) is 21.3 Å². The van der Waals surface area contributed by atoms with Gasteiger partial charge in [-0.2, -0.15) is 0 Å². The Bertz CT molecular complexity index is 791. The Kier molecular flexibility index (Phi) is 9.83. The normalized spacial score (nSPS) is 18.3. The molecule has 1 aromatic rings. The van der Waals surface area contributed by atoms with Crippen molar-refractivity contribution in [1.29, 1.82) is 0 Å². The van der Waals surface area contributed by atoms with E-state index < -0.39 is 10.0 Å². The number of halogens is 1. The number of sulfonamides is 1. The summed E-state index contributed by atoms with van der Waals surface area (Å²) < 4.78 is 32.5. The van der Waals surface area contributed by atoms with E-state index in [1.807, 2.05) is 19.1 Å². The van der Waals surface area contributed by atoms with Gasteiger partial charge < -0.3 is 15.4 Å². The Hall–Kier alpha value is -0.910. The van der Waals surface area contributed by atoms with Gasteiger partial charge in [-0.05, 0) is 62.1 Å². The highest BCUT2D eigenvalue weighted by atomic mass is 127. The highest BCUT2D eigenvalue weighted by Gasteiger charge is 2.36. The molecule has 2 saturated carbocycles. The van der Waals surface area contributed by atoms with Crippen LogP contribution in [0.3, 0.4) is 0 Å². The van der Waals surface area contributed by atoms with Gasteiger partial charge >= 0.3 is 0 Å². The molecule has 2 fully saturated rings. The van der Waals surface area contributed by atoms with Crippen LogP contribution in [0.4, 0.5) is 0 Å². The highest BCUT2D eigenvalue weighted by Crippen LogP contribution is 2.43. The second-order valence-electron chi connectivity index (χ2n) is 8.18. The van der Waals surface area contributed by atoms with Crippen LogP contribution >= 0.6 is 24.0 Å². The van der Waals surface area contributed by atoms with Gasteiger partial charge in [-0.25, -0.2) is 18.1 Å². The van der Waals surface area contributed by atoms with Crippen molar-refractivity contribution in [3.8, 4) is 0 Å². The molecule has 0 spiro atoms. The summed E-state index contributed by atoms with van der Waals surface area (Å²) in [6.45, 7) is 5.03. The third-order valence-corrected chi connectivity index (χ3v) is 7.31. The van der Waals surface area contributed by atoms with Crippen LogP contribution in [0.1, 0.15) is 51.0 Å². The van der Waals surface area contributed by atoms with Gasteiger partial charge in [-0.3, -0.25) is 0 Å². The Labute approximate surface area is 197 Å². The molecule has 0 aromatic heterocycles. The quantitative estimate of drug-likeness (QED) is 0.224. The van der Waals surface area contributed by atoms with E-state index in [9.17, 15) is 8.42 Å². The van der Waals surface area contributed by atoms with Crippen LogP contribution in [0.25, 0.3) is 0 Å². The van der Waals surface area contributed by atoms with Gasteiger partial charge in [0.1, 0.15) is 0 Å². The van der Waals surface area contributed by atoms with Crippen molar-refractivity contribution in [3.63, 3.8) is 0 Å². The van der Waals surface area contributed by atoms with Crippen molar-refractivity contribution in [2.45, 2.75) is 62.9 Å². The summed E-state index contributed by atoms with van der Waals surface area (Å²) >= 11 is 0. The fourth-order valence-electron chi connectivity index (χ4n) is 3.56. The summed E-state index contributed by atoms with van der Waals surface area (Å²) in [6, 6.07) is 7.09. The molecule has 0 radical (unpaired) electrons. The average molecular weight is 551 g/mol. The molecule has 0 heterocycles. The Balaban J connectivity index is 0.00000320. The minimum atomic E-state index is -3.40. The molecule has 30 heavy (non-hydrogen) atoms. The van der Waals surface area contributed by atoms with E-state index in [0.717, 1.165) is 50.5 Å². The van der Waals surface area contributed by atoms with Gasteiger partial charge in [0, 0.05) is 32.8 Å². The predicted molar refractivity (Wildman–Crippen MR) is 131 cm³/mol. The van der Waals surface area contributed by atoms with Gasteiger partial charge in [0.2, 0.25) is 10.0 Å². The smallest absolute Gasteiger partial charge is 0.240 e. The maximum absolute atomic E-state index is 12.3. The number of nitrogens with one attached hydrogen (secondary N) is 3. The molecule has 0 aliphatic heterocycles. The van der Waals surface area contributed by atoms with Gasteiger partial charge in [0.15, 0.2) is 5.96 Å². The van der Waals surface area contributed by atoms with E-state index in [0.29, 0.717) is 16.9 Å². The molecule has 0 unspecified atom stereocenters. The number of nitrogens with zero attached hydrogens (tertiary/aromatic N) is 1. The lowest BCUT2D eigenvalue weighted by Gasteiger charge is -2.42. The van der Waals surface area contributed by atoms with E-state index in [1.165, 1.54) is 19.3 Å². The molecule has 1 aromatic carbocycles. The fraction of sp³-hybridized carbons (Fsp3) is 0.667. The molecule has 2 aliphatic carbocycles. The van der Waals surface area contributed by atoms with E-state index in [-0.39, 0.29) is 30.0 Å². The average Bonchev–Trinajstić information content (AvgIpc) is 3.48. The van der Waals surface area contributed by atoms with Gasteiger partial charge in [-0.1, -0.05) is 18.6 Å². The zero-order valence-electron chi connectivity index (χ0n) is 17.9. The number of benzene rings is 1. The SMILES string of the molecule is CCNC(=NCc1ccc(S(=O)(=O)NC2CC2)cc1)NCC1(CCOC)CCC1.I. The second kappa shape index (κ2) is 11.6. The summed E-state index contributed by atoms with van der Waals surface area (Å²) in [6.07, 6.45) is 6.67. The van der Waals surface area contributed by atoms with E-state index in [2.05, 4.69) is 20.3 Å². The van der Waals surface area contributed by atoms with Crippen molar-refractivity contribution in [2.75, 3.05) is 26.8 Å². The van der Waals surface area contributed by atoms with E-state index in [4.69, 9.17) is 4.74 Å². The molecule has 3 N–H and O–H groups in total. The van der Waals surface area contributed by atoms with Crippen molar-refractivity contribution in [3.05, 3.63) is 29.8 Å². The molecular formula is C21H35IN4O3S.